The molecule has 2 heterocycles. The molecule has 21 heavy (non-hydrogen) atoms. The van der Waals surface area contributed by atoms with E-state index in [0.29, 0.717) is 0 Å². The van der Waals surface area contributed by atoms with Crippen LogP contribution in [0.3, 0.4) is 0 Å². The maximum atomic E-state index is 12.0. The Morgan fingerprint density at radius 1 is 1.14 bits per heavy atom. The molecule has 0 atom stereocenters. The minimum Gasteiger partial charge on any atom is -0.384 e. The largest absolute Gasteiger partial charge is 0.384 e. The van der Waals surface area contributed by atoms with Gasteiger partial charge >= 0.3 is 0 Å². The molecule has 1 N–H and O–H groups in total. The summed E-state index contributed by atoms with van der Waals surface area (Å²) in [7, 11) is 1.79. The number of fused-ring (bicyclic) bond motifs is 1. The second kappa shape index (κ2) is 5.79. The highest BCUT2D eigenvalue weighted by atomic mass is 16.1. The van der Waals surface area contributed by atoms with E-state index in [9.17, 15) is 4.79 Å². The Hall–Kier alpha value is -2.62. The Morgan fingerprint density at radius 2 is 1.95 bits per heavy atom. The highest BCUT2D eigenvalue weighted by Crippen LogP contribution is 2.20. The van der Waals surface area contributed by atoms with Crippen molar-refractivity contribution in [1.29, 1.82) is 0 Å². The molecule has 3 rings (SSSR count). The van der Waals surface area contributed by atoms with Gasteiger partial charge in [-0.05, 0) is 18.2 Å². The van der Waals surface area contributed by atoms with Gasteiger partial charge in [-0.1, -0.05) is 24.3 Å². The molecule has 0 spiro atoms. The van der Waals surface area contributed by atoms with E-state index < -0.39 is 0 Å². The fourth-order valence-electron chi connectivity index (χ4n) is 2.43. The van der Waals surface area contributed by atoms with E-state index in [4.69, 9.17) is 0 Å². The smallest absolute Gasteiger partial charge is 0.252 e. The van der Waals surface area contributed by atoms with Crippen LogP contribution in [0, 0.1) is 0 Å². The lowest BCUT2D eigenvalue weighted by atomic mass is 10.1. The number of rotatable bonds is 4. The Morgan fingerprint density at radius 3 is 2.76 bits per heavy atom. The average Bonchev–Trinajstić information content (AvgIpc) is 2.53. The molecule has 0 bridgehead atoms. The van der Waals surface area contributed by atoms with Crippen molar-refractivity contribution in [3.05, 3.63) is 70.8 Å². The quantitative estimate of drug-likeness (QED) is 0.798. The molecular formula is C17H17N3O. The number of hydrogen-bond acceptors (Lipinski definition) is 3. The Kier molecular flexibility index (Phi) is 3.69. The van der Waals surface area contributed by atoms with Crippen molar-refractivity contribution in [2.24, 2.45) is 7.05 Å². The molecule has 3 aromatic rings. The van der Waals surface area contributed by atoms with E-state index in [1.807, 2.05) is 42.5 Å². The summed E-state index contributed by atoms with van der Waals surface area (Å²) >= 11 is 0. The molecule has 0 unspecified atom stereocenters. The van der Waals surface area contributed by atoms with Gasteiger partial charge in [-0.15, -0.1) is 0 Å². The van der Waals surface area contributed by atoms with Crippen LogP contribution in [-0.4, -0.2) is 16.1 Å². The molecule has 0 saturated carbocycles. The topological polar surface area (TPSA) is 46.9 Å². The molecule has 0 amide bonds. The third-order valence-corrected chi connectivity index (χ3v) is 3.58. The van der Waals surface area contributed by atoms with Crippen LogP contribution in [0.25, 0.3) is 10.9 Å². The molecule has 0 aliphatic rings. The van der Waals surface area contributed by atoms with Crippen LogP contribution in [0.2, 0.25) is 0 Å². The highest BCUT2D eigenvalue weighted by Gasteiger charge is 2.05. The zero-order valence-electron chi connectivity index (χ0n) is 11.9. The first-order chi connectivity index (χ1) is 10.3. The highest BCUT2D eigenvalue weighted by molar-refractivity contribution is 5.91. The summed E-state index contributed by atoms with van der Waals surface area (Å²) in [5, 5.41) is 4.41. The maximum Gasteiger partial charge on any atom is 0.252 e. The lowest BCUT2D eigenvalue weighted by molar-refractivity contribution is 0.903. The Labute approximate surface area is 123 Å². The van der Waals surface area contributed by atoms with Gasteiger partial charge in [-0.25, -0.2) is 0 Å². The van der Waals surface area contributed by atoms with Gasteiger partial charge in [0.2, 0.25) is 0 Å². The summed E-state index contributed by atoms with van der Waals surface area (Å²) in [6.45, 7) is 0.744. The molecule has 2 aromatic heterocycles. The molecule has 0 aliphatic heterocycles. The minimum atomic E-state index is -0.00552. The number of nitrogens with zero attached hydrogens (tertiary/aromatic N) is 2. The SMILES string of the molecule is Cn1c(=O)cc(NCCc2ccccn2)c2ccccc21. The van der Waals surface area contributed by atoms with Gasteiger partial charge < -0.3 is 9.88 Å². The van der Waals surface area contributed by atoms with Gasteiger partial charge in [0.25, 0.3) is 5.56 Å². The molecule has 4 nitrogen and oxygen atoms in total. The minimum absolute atomic E-state index is 0.00552. The lowest BCUT2D eigenvalue weighted by Crippen LogP contribution is -2.18. The van der Waals surface area contributed by atoms with Crippen LogP contribution in [-0.2, 0) is 13.5 Å². The van der Waals surface area contributed by atoms with Crippen LogP contribution in [0.5, 0.6) is 0 Å². The first kappa shape index (κ1) is 13.4. The van der Waals surface area contributed by atoms with Gasteiger partial charge in [-0.2, -0.15) is 0 Å². The number of benzene rings is 1. The first-order valence-electron chi connectivity index (χ1n) is 6.98. The van der Waals surface area contributed by atoms with Crippen LogP contribution < -0.4 is 10.9 Å². The molecule has 0 saturated heterocycles. The Balaban J connectivity index is 1.84. The summed E-state index contributed by atoms with van der Waals surface area (Å²) in [5.74, 6) is 0. The second-order valence-corrected chi connectivity index (χ2v) is 4.97. The number of aryl methyl sites for hydroxylation is 1. The molecule has 0 radical (unpaired) electrons. The van der Waals surface area contributed by atoms with Crippen molar-refractivity contribution in [3.8, 4) is 0 Å². The number of aromatic nitrogens is 2. The predicted octanol–water partition coefficient (Wildman–Crippen LogP) is 2.59. The number of anilines is 1. The number of nitrogens with one attached hydrogen (secondary N) is 1. The van der Waals surface area contributed by atoms with Crippen molar-refractivity contribution < 1.29 is 0 Å². The third-order valence-electron chi connectivity index (χ3n) is 3.58. The van der Waals surface area contributed by atoms with Crippen LogP contribution in [0.4, 0.5) is 5.69 Å². The zero-order chi connectivity index (χ0) is 14.7. The van der Waals surface area contributed by atoms with Crippen molar-refractivity contribution in [1.82, 2.24) is 9.55 Å². The van der Waals surface area contributed by atoms with Crippen LogP contribution in [0.1, 0.15) is 5.69 Å². The standard InChI is InChI=1S/C17H17N3O/c1-20-16-8-3-2-7-14(16)15(12-17(20)21)19-11-9-13-6-4-5-10-18-13/h2-8,10,12,19H,9,11H2,1H3. The third kappa shape index (κ3) is 2.79. The normalized spacial score (nSPS) is 10.7. The van der Waals surface area contributed by atoms with Crippen molar-refractivity contribution in [2.45, 2.75) is 6.42 Å². The average molecular weight is 279 g/mol. The maximum absolute atomic E-state index is 12.0. The molecule has 0 aliphatic carbocycles. The molecule has 1 aromatic carbocycles. The summed E-state index contributed by atoms with van der Waals surface area (Å²) in [5.41, 5.74) is 2.85. The first-order valence-corrected chi connectivity index (χ1v) is 6.98. The number of pyridine rings is 2. The van der Waals surface area contributed by atoms with Gasteiger partial charge in [0, 0.05) is 49.0 Å². The summed E-state index contributed by atoms with van der Waals surface area (Å²) in [6.07, 6.45) is 2.62. The van der Waals surface area contributed by atoms with E-state index in [-0.39, 0.29) is 5.56 Å². The lowest BCUT2D eigenvalue weighted by Gasteiger charge is -2.12. The number of hydrogen-bond donors (Lipinski definition) is 1. The summed E-state index contributed by atoms with van der Waals surface area (Å²) in [4.78, 5) is 16.3. The van der Waals surface area contributed by atoms with E-state index in [1.165, 1.54) is 0 Å². The van der Waals surface area contributed by atoms with E-state index >= 15 is 0 Å². The van der Waals surface area contributed by atoms with Crippen LogP contribution in [0.15, 0.2) is 59.5 Å². The molecule has 0 fully saturated rings. The van der Waals surface area contributed by atoms with Crippen molar-refractivity contribution in [3.63, 3.8) is 0 Å². The van der Waals surface area contributed by atoms with Gasteiger partial charge in [0.15, 0.2) is 0 Å². The van der Waals surface area contributed by atoms with Crippen molar-refractivity contribution in [2.75, 3.05) is 11.9 Å². The second-order valence-electron chi connectivity index (χ2n) is 4.97. The van der Waals surface area contributed by atoms with Crippen LogP contribution >= 0.6 is 0 Å². The summed E-state index contributed by atoms with van der Waals surface area (Å²) in [6, 6.07) is 15.5. The van der Waals surface area contributed by atoms with E-state index in [1.54, 1.807) is 23.9 Å². The summed E-state index contributed by atoms with van der Waals surface area (Å²) < 4.78 is 1.67. The van der Waals surface area contributed by atoms with Gasteiger partial charge in [-0.3, -0.25) is 9.78 Å². The fourth-order valence-corrected chi connectivity index (χ4v) is 2.43. The van der Waals surface area contributed by atoms with Crippen molar-refractivity contribution >= 4 is 16.6 Å². The Bertz CT molecular complexity index is 809. The fraction of sp³-hybridized carbons (Fsp3) is 0.176. The number of para-hydroxylation sites is 1. The molecular weight excluding hydrogens is 262 g/mol. The van der Waals surface area contributed by atoms with Gasteiger partial charge in [0.1, 0.15) is 0 Å². The predicted molar refractivity (Wildman–Crippen MR) is 85.6 cm³/mol. The van der Waals surface area contributed by atoms with Gasteiger partial charge in [0.05, 0.1) is 5.52 Å². The molecule has 4 heteroatoms. The van der Waals surface area contributed by atoms with E-state index in [2.05, 4.69) is 10.3 Å². The molecule has 106 valence electrons. The van der Waals surface area contributed by atoms with E-state index in [0.717, 1.165) is 35.2 Å². The zero-order valence-corrected chi connectivity index (χ0v) is 11.9. The monoisotopic (exact) mass is 279 g/mol.